The van der Waals surface area contributed by atoms with Crippen LogP contribution in [0.15, 0.2) is 66.7 Å². The maximum Gasteiger partial charge on any atom is 0.0602 e. The predicted octanol–water partition coefficient (Wildman–Crippen LogP) is 8.14. The van der Waals surface area contributed by atoms with Crippen molar-refractivity contribution in [1.29, 1.82) is 0 Å². The number of fused-ring (bicyclic) bond motifs is 5. The Labute approximate surface area is 230 Å². The zero-order chi connectivity index (χ0) is 26.5. The fraction of sp³-hybridized carbons (Fsp3) is 0.611. The first-order valence-corrected chi connectivity index (χ1v) is 15.5. The Morgan fingerprint density at radius 3 is 2.16 bits per heavy atom. The molecule has 4 saturated carbocycles. The van der Waals surface area contributed by atoms with Gasteiger partial charge < -0.3 is 10.2 Å². The van der Waals surface area contributed by atoms with Crippen molar-refractivity contribution in [1.82, 2.24) is 0 Å². The van der Waals surface area contributed by atoms with E-state index in [2.05, 4.69) is 87.5 Å². The van der Waals surface area contributed by atoms with Gasteiger partial charge in [0.15, 0.2) is 0 Å². The molecule has 4 fully saturated rings. The number of rotatable bonds is 5. The molecule has 0 amide bonds. The van der Waals surface area contributed by atoms with E-state index in [9.17, 15) is 10.2 Å². The quantitative estimate of drug-likeness (QED) is 0.424. The van der Waals surface area contributed by atoms with Crippen LogP contribution in [0.2, 0.25) is 0 Å². The normalized spacial score (nSPS) is 40.9. The maximum absolute atomic E-state index is 11.9. The highest BCUT2D eigenvalue weighted by Crippen LogP contribution is 2.68. The fourth-order valence-electron chi connectivity index (χ4n) is 10.3. The zero-order valence-corrected chi connectivity index (χ0v) is 23.7. The van der Waals surface area contributed by atoms with Gasteiger partial charge in [-0.1, -0.05) is 87.5 Å². The van der Waals surface area contributed by atoms with Gasteiger partial charge in [0.05, 0.1) is 12.2 Å². The summed E-state index contributed by atoms with van der Waals surface area (Å²) in [5.74, 6) is 3.75. The van der Waals surface area contributed by atoms with Crippen LogP contribution in [0.25, 0.3) is 5.57 Å². The molecule has 10 atom stereocenters. The molecule has 0 radical (unpaired) electrons. The van der Waals surface area contributed by atoms with Crippen LogP contribution in [0.1, 0.15) is 89.7 Å². The average molecular weight is 513 g/mol. The summed E-state index contributed by atoms with van der Waals surface area (Å²) in [6.07, 6.45) is 12.4. The lowest BCUT2D eigenvalue weighted by Gasteiger charge is -2.62. The van der Waals surface area contributed by atoms with Crippen molar-refractivity contribution in [2.45, 2.75) is 90.8 Å². The molecule has 4 aliphatic rings. The molecule has 0 aliphatic heterocycles. The van der Waals surface area contributed by atoms with Crippen molar-refractivity contribution in [2.24, 2.45) is 46.3 Å². The standard InChI is InChI=1S/C36H48O2/c1-24(14-16-29(25-10-6-4-7-11-25)26-12-8-5-9-13-26)31-18-19-32-30-17-15-27-22-28(37)20-21-35(27,2)33(30)23-34(38)36(31,32)3/h4-13,16,24,27-28,30-34,37-38H,14-15,17-23H2,1-3H3/t24?,27-,28-,30+,31-,32+,33+,34+,35+,36-/m1/s1. The first kappa shape index (κ1) is 26.3. The lowest BCUT2D eigenvalue weighted by molar-refractivity contribution is -0.174. The first-order chi connectivity index (χ1) is 18.3. The van der Waals surface area contributed by atoms with Crippen molar-refractivity contribution in [3.63, 3.8) is 0 Å². The van der Waals surface area contributed by atoms with Crippen LogP contribution in [0.3, 0.4) is 0 Å². The number of allylic oxidation sites excluding steroid dienone is 1. The third-order valence-corrected chi connectivity index (χ3v) is 12.4. The van der Waals surface area contributed by atoms with Crippen molar-refractivity contribution in [3.8, 4) is 0 Å². The van der Waals surface area contributed by atoms with Crippen molar-refractivity contribution in [3.05, 3.63) is 77.9 Å². The molecule has 2 N–H and O–H groups in total. The monoisotopic (exact) mass is 512 g/mol. The van der Waals surface area contributed by atoms with E-state index in [1.807, 2.05) is 0 Å². The second-order valence-electron chi connectivity index (χ2n) is 13.9. The van der Waals surface area contributed by atoms with E-state index in [-0.39, 0.29) is 17.6 Å². The second kappa shape index (κ2) is 10.3. The van der Waals surface area contributed by atoms with Crippen LogP contribution in [-0.2, 0) is 0 Å². The highest BCUT2D eigenvalue weighted by Gasteiger charge is 2.63. The van der Waals surface area contributed by atoms with Crippen LogP contribution < -0.4 is 0 Å². The van der Waals surface area contributed by atoms with E-state index in [1.54, 1.807) is 0 Å². The number of aliphatic hydroxyl groups is 2. The highest BCUT2D eigenvalue weighted by molar-refractivity contribution is 5.79. The smallest absolute Gasteiger partial charge is 0.0602 e. The summed E-state index contributed by atoms with van der Waals surface area (Å²) in [7, 11) is 0. The molecule has 2 nitrogen and oxygen atoms in total. The number of benzene rings is 2. The molecular formula is C36H48O2. The summed E-state index contributed by atoms with van der Waals surface area (Å²) in [4.78, 5) is 0. The molecule has 1 unspecified atom stereocenters. The molecule has 0 bridgehead atoms. The summed E-state index contributed by atoms with van der Waals surface area (Å²) in [5, 5.41) is 22.3. The number of hydrogen-bond acceptors (Lipinski definition) is 2. The van der Waals surface area contributed by atoms with Gasteiger partial charge >= 0.3 is 0 Å². The van der Waals surface area contributed by atoms with E-state index >= 15 is 0 Å². The molecule has 38 heavy (non-hydrogen) atoms. The Morgan fingerprint density at radius 1 is 0.842 bits per heavy atom. The zero-order valence-electron chi connectivity index (χ0n) is 23.7. The molecular weight excluding hydrogens is 464 g/mol. The number of aliphatic hydroxyl groups excluding tert-OH is 2. The summed E-state index contributed by atoms with van der Waals surface area (Å²) in [6, 6.07) is 21.6. The molecule has 0 heterocycles. The molecule has 6 rings (SSSR count). The Bertz CT molecular complexity index is 1080. The van der Waals surface area contributed by atoms with Crippen molar-refractivity contribution in [2.75, 3.05) is 0 Å². The van der Waals surface area contributed by atoms with Gasteiger partial charge in [0, 0.05) is 0 Å². The van der Waals surface area contributed by atoms with Crippen LogP contribution in [0.4, 0.5) is 0 Å². The van der Waals surface area contributed by atoms with Gasteiger partial charge in [0.1, 0.15) is 0 Å². The summed E-state index contributed by atoms with van der Waals surface area (Å²) in [5.41, 5.74) is 4.21. The first-order valence-electron chi connectivity index (χ1n) is 15.5. The summed E-state index contributed by atoms with van der Waals surface area (Å²) >= 11 is 0. The van der Waals surface area contributed by atoms with E-state index in [0.29, 0.717) is 35.0 Å². The highest BCUT2D eigenvalue weighted by atomic mass is 16.3. The van der Waals surface area contributed by atoms with Gasteiger partial charge in [-0.3, -0.25) is 0 Å². The minimum absolute atomic E-state index is 0.0193. The van der Waals surface area contributed by atoms with Crippen LogP contribution in [0.5, 0.6) is 0 Å². The van der Waals surface area contributed by atoms with Crippen LogP contribution in [-0.4, -0.2) is 22.4 Å². The van der Waals surface area contributed by atoms with Crippen molar-refractivity contribution >= 4 is 5.57 Å². The minimum Gasteiger partial charge on any atom is -0.393 e. The van der Waals surface area contributed by atoms with Crippen molar-refractivity contribution < 1.29 is 10.2 Å². The van der Waals surface area contributed by atoms with Crippen LogP contribution in [0, 0.1) is 46.3 Å². The molecule has 2 heteroatoms. The minimum atomic E-state index is -0.210. The summed E-state index contributed by atoms with van der Waals surface area (Å²) in [6.45, 7) is 7.43. The molecule has 0 saturated heterocycles. The molecule has 0 aromatic heterocycles. The second-order valence-corrected chi connectivity index (χ2v) is 13.9. The van der Waals surface area contributed by atoms with Gasteiger partial charge in [-0.25, -0.2) is 0 Å². The van der Waals surface area contributed by atoms with E-state index < -0.39 is 0 Å². The fourth-order valence-corrected chi connectivity index (χ4v) is 10.3. The molecule has 0 spiro atoms. The van der Waals surface area contributed by atoms with Gasteiger partial charge in [0.25, 0.3) is 0 Å². The van der Waals surface area contributed by atoms with E-state index in [4.69, 9.17) is 0 Å². The topological polar surface area (TPSA) is 40.5 Å². The lowest BCUT2D eigenvalue weighted by Crippen LogP contribution is -2.58. The third kappa shape index (κ3) is 4.31. The van der Waals surface area contributed by atoms with Gasteiger partial charge in [0.2, 0.25) is 0 Å². The molecule has 204 valence electrons. The van der Waals surface area contributed by atoms with E-state index in [1.165, 1.54) is 42.4 Å². The van der Waals surface area contributed by atoms with Gasteiger partial charge in [-0.15, -0.1) is 0 Å². The van der Waals surface area contributed by atoms with Gasteiger partial charge in [-0.2, -0.15) is 0 Å². The van der Waals surface area contributed by atoms with Gasteiger partial charge in [-0.05, 0) is 121 Å². The summed E-state index contributed by atoms with van der Waals surface area (Å²) < 4.78 is 0. The number of hydrogen-bond donors (Lipinski definition) is 2. The Morgan fingerprint density at radius 2 is 1.50 bits per heavy atom. The Kier molecular flexibility index (Phi) is 7.10. The molecule has 2 aromatic rings. The SMILES string of the molecule is CC(CC=C(c1ccccc1)c1ccccc1)[C@H]1CC[C@H]2[C@@H]3CC[C@@H]4C[C@H](O)CC[C@]4(C)[C@H]3C[C@H](O)[C@]12C. The third-order valence-electron chi connectivity index (χ3n) is 12.4. The largest absolute Gasteiger partial charge is 0.393 e. The molecule has 2 aromatic carbocycles. The Hall–Kier alpha value is -1.90. The molecule has 4 aliphatic carbocycles. The predicted molar refractivity (Wildman–Crippen MR) is 156 cm³/mol. The van der Waals surface area contributed by atoms with Crippen LogP contribution >= 0.6 is 0 Å². The average Bonchev–Trinajstić information content (AvgIpc) is 3.30. The Balaban J connectivity index is 1.24. The lowest BCUT2D eigenvalue weighted by atomic mass is 9.43. The maximum atomic E-state index is 11.9. The van der Waals surface area contributed by atoms with E-state index in [0.717, 1.165) is 38.0 Å².